The lowest BCUT2D eigenvalue weighted by Crippen LogP contribution is -1.70. The largest absolute Gasteiger partial charge is 0.0843 e. The van der Waals surface area contributed by atoms with Gasteiger partial charge in [-0.1, -0.05) is 41.4 Å². The third kappa shape index (κ3) is 4.44. The summed E-state index contributed by atoms with van der Waals surface area (Å²) in [7, 11) is 0. The van der Waals surface area contributed by atoms with Gasteiger partial charge in [-0.05, 0) is 30.7 Å². The molecule has 0 aliphatic carbocycles. The van der Waals surface area contributed by atoms with Crippen LogP contribution in [0.3, 0.4) is 0 Å². The van der Waals surface area contributed by atoms with Crippen molar-refractivity contribution >= 4 is 27.5 Å². The summed E-state index contributed by atoms with van der Waals surface area (Å²) in [5.74, 6) is 0. The molecule has 2 heteroatoms. The molecule has 0 atom stereocenters. The van der Waals surface area contributed by atoms with Crippen molar-refractivity contribution in [3.63, 3.8) is 0 Å². The molecule has 0 unspecified atom stereocenters. The molecule has 62 valence electrons. The Labute approximate surface area is 81.7 Å². The van der Waals surface area contributed by atoms with E-state index < -0.39 is 0 Å². The van der Waals surface area contributed by atoms with E-state index in [-0.39, 0.29) is 0 Å². The van der Waals surface area contributed by atoms with Gasteiger partial charge in [0.2, 0.25) is 0 Å². The van der Waals surface area contributed by atoms with Gasteiger partial charge >= 0.3 is 0 Å². The maximum absolute atomic E-state index is 5.72. The van der Waals surface area contributed by atoms with Crippen LogP contribution in [0.25, 0.3) is 0 Å². The maximum atomic E-state index is 5.72. The summed E-state index contributed by atoms with van der Waals surface area (Å²) in [5, 5.41) is 0.780. The Bertz CT molecular complexity index is 170. The number of halogens is 2. The molecule has 0 radical (unpaired) electrons. The minimum Gasteiger partial charge on any atom is -0.0843 e. The summed E-state index contributed by atoms with van der Waals surface area (Å²) in [6.45, 7) is 6.01. The standard InChI is InChI=1S/C7H6BrCl.C2H6/c1-5-2-6(8)4-7(9)3-5;1-2/h2-4H,1H3;1-2H3. The van der Waals surface area contributed by atoms with Crippen molar-refractivity contribution in [2.75, 3.05) is 0 Å². The Balaban J connectivity index is 0.000000461. The molecule has 0 bridgehead atoms. The van der Waals surface area contributed by atoms with E-state index in [1.54, 1.807) is 0 Å². The van der Waals surface area contributed by atoms with Crippen molar-refractivity contribution in [1.82, 2.24) is 0 Å². The lowest BCUT2D eigenvalue weighted by molar-refractivity contribution is 1.45. The summed E-state index contributed by atoms with van der Waals surface area (Å²) >= 11 is 9.05. The van der Waals surface area contributed by atoms with Crippen LogP contribution in [-0.4, -0.2) is 0 Å². The first kappa shape index (κ1) is 11.0. The summed E-state index contributed by atoms with van der Waals surface area (Å²) < 4.78 is 1.03. The molecular weight excluding hydrogens is 223 g/mol. The highest BCUT2D eigenvalue weighted by atomic mass is 79.9. The van der Waals surface area contributed by atoms with Crippen molar-refractivity contribution in [3.05, 3.63) is 33.3 Å². The molecule has 0 aromatic heterocycles. The van der Waals surface area contributed by atoms with Gasteiger partial charge in [-0.25, -0.2) is 0 Å². The third-order valence-electron chi connectivity index (χ3n) is 1.01. The monoisotopic (exact) mass is 234 g/mol. The molecule has 0 heterocycles. The highest BCUT2D eigenvalue weighted by Crippen LogP contribution is 2.18. The topological polar surface area (TPSA) is 0 Å². The smallest absolute Gasteiger partial charge is 0.0419 e. The van der Waals surface area contributed by atoms with Crippen molar-refractivity contribution in [2.24, 2.45) is 0 Å². The molecular formula is C9H12BrCl. The Kier molecular flexibility index (Phi) is 5.61. The summed E-state index contributed by atoms with van der Waals surface area (Å²) in [5.41, 5.74) is 1.18. The van der Waals surface area contributed by atoms with E-state index in [1.165, 1.54) is 5.56 Å². The fourth-order valence-corrected chi connectivity index (χ4v) is 1.72. The van der Waals surface area contributed by atoms with Gasteiger partial charge in [0.15, 0.2) is 0 Å². The Morgan fingerprint density at radius 1 is 1.18 bits per heavy atom. The van der Waals surface area contributed by atoms with Crippen LogP contribution in [0.1, 0.15) is 19.4 Å². The van der Waals surface area contributed by atoms with Gasteiger partial charge in [0, 0.05) is 9.50 Å². The van der Waals surface area contributed by atoms with Gasteiger partial charge in [-0.3, -0.25) is 0 Å². The molecule has 1 aromatic rings. The van der Waals surface area contributed by atoms with Crippen LogP contribution in [0.15, 0.2) is 22.7 Å². The Hall–Kier alpha value is -0.0100. The zero-order chi connectivity index (χ0) is 8.85. The molecule has 0 amide bonds. The van der Waals surface area contributed by atoms with Gasteiger partial charge in [-0.2, -0.15) is 0 Å². The van der Waals surface area contributed by atoms with Crippen LogP contribution in [0, 0.1) is 6.92 Å². The van der Waals surface area contributed by atoms with Crippen LogP contribution in [0.2, 0.25) is 5.02 Å². The molecule has 1 rings (SSSR count). The van der Waals surface area contributed by atoms with Crippen LogP contribution in [0.4, 0.5) is 0 Å². The number of aryl methyl sites for hydroxylation is 1. The van der Waals surface area contributed by atoms with E-state index in [0.717, 1.165) is 9.50 Å². The molecule has 1 aromatic carbocycles. The van der Waals surface area contributed by atoms with Gasteiger partial charge in [0.1, 0.15) is 0 Å². The number of hydrogen-bond acceptors (Lipinski definition) is 0. The highest BCUT2D eigenvalue weighted by molar-refractivity contribution is 9.10. The predicted molar refractivity (Wildman–Crippen MR) is 55.2 cm³/mol. The minimum atomic E-state index is 0.780. The molecule has 0 aliphatic heterocycles. The average molecular weight is 236 g/mol. The van der Waals surface area contributed by atoms with Crippen molar-refractivity contribution < 1.29 is 0 Å². The molecule has 0 saturated heterocycles. The minimum absolute atomic E-state index is 0.780. The average Bonchev–Trinajstić information content (AvgIpc) is 1.88. The molecule has 11 heavy (non-hydrogen) atoms. The van der Waals surface area contributed by atoms with Gasteiger partial charge in [-0.15, -0.1) is 0 Å². The first-order valence-corrected chi connectivity index (χ1v) is 4.78. The Morgan fingerprint density at radius 3 is 2.09 bits per heavy atom. The second-order valence-electron chi connectivity index (χ2n) is 1.95. The van der Waals surface area contributed by atoms with Crippen LogP contribution in [-0.2, 0) is 0 Å². The summed E-state index contributed by atoms with van der Waals surface area (Å²) in [4.78, 5) is 0. The van der Waals surface area contributed by atoms with E-state index >= 15 is 0 Å². The zero-order valence-corrected chi connectivity index (χ0v) is 9.33. The molecule has 0 fully saturated rings. The Morgan fingerprint density at radius 2 is 1.73 bits per heavy atom. The van der Waals surface area contributed by atoms with Gasteiger partial charge < -0.3 is 0 Å². The van der Waals surface area contributed by atoms with Gasteiger partial charge in [0.25, 0.3) is 0 Å². The summed E-state index contributed by atoms with van der Waals surface area (Å²) in [6, 6.07) is 5.81. The van der Waals surface area contributed by atoms with E-state index in [0.29, 0.717) is 0 Å². The fourth-order valence-electron chi connectivity index (χ4n) is 0.692. The SMILES string of the molecule is CC.Cc1cc(Cl)cc(Br)c1. The van der Waals surface area contributed by atoms with Crippen LogP contribution < -0.4 is 0 Å². The van der Waals surface area contributed by atoms with E-state index in [4.69, 9.17) is 11.6 Å². The van der Waals surface area contributed by atoms with Crippen molar-refractivity contribution in [2.45, 2.75) is 20.8 Å². The van der Waals surface area contributed by atoms with Crippen LogP contribution in [0.5, 0.6) is 0 Å². The predicted octanol–water partition coefficient (Wildman–Crippen LogP) is 4.44. The number of rotatable bonds is 0. The fraction of sp³-hybridized carbons (Fsp3) is 0.333. The summed E-state index contributed by atoms with van der Waals surface area (Å²) in [6.07, 6.45) is 0. The second kappa shape index (κ2) is 5.62. The zero-order valence-electron chi connectivity index (χ0n) is 6.99. The highest BCUT2D eigenvalue weighted by Gasteiger charge is 1.90. The van der Waals surface area contributed by atoms with Gasteiger partial charge in [0.05, 0.1) is 0 Å². The van der Waals surface area contributed by atoms with Crippen molar-refractivity contribution in [1.29, 1.82) is 0 Å². The quantitative estimate of drug-likeness (QED) is 0.624. The lowest BCUT2D eigenvalue weighted by atomic mass is 10.2. The normalized spacial score (nSPS) is 8.45. The second-order valence-corrected chi connectivity index (χ2v) is 3.30. The first-order chi connectivity index (χ1) is 5.18. The third-order valence-corrected chi connectivity index (χ3v) is 1.68. The van der Waals surface area contributed by atoms with Crippen LogP contribution >= 0.6 is 27.5 Å². The molecule has 0 aliphatic rings. The molecule has 0 spiro atoms. The van der Waals surface area contributed by atoms with Crippen molar-refractivity contribution in [3.8, 4) is 0 Å². The van der Waals surface area contributed by atoms with E-state index in [2.05, 4.69) is 15.9 Å². The maximum Gasteiger partial charge on any atom is 0.0419 e. The number of hydrogen-bond donors (Lipinski definition) is 0. The lowest BCUT2D eigenvalue weighted by Gasteiger charge is -1.93. The first-order valence-electron chi connectivity index (χ1n) is 3.61. The molecule has 0 saturated carbocycles. The number of benzene rings is 1. The molecule has 0 nitrogen and oxygen atoms in total. The molecule has 0 N–H and O–H groups in total. The van der Waals surface area contributed by atoms with E-state index in [9.17, 15) is 0 Å². The van der Waals surface area contributed by atoms with E-state index in [1.807, 2.05) is 39.0 Å².